The lowest BCUT2D eigenvalue weighted by Crippen LogP contribution is -2.41. The van der Waals surface area contributed by atoms with Crippen molar-refractivity contribution in [3.63, 3.8) is 0 Å². The van der Waals surface area contributed by atoms with Gasteiger partial charge in [-0.1, -0.05) is 0 Å². The van der Waals surface area contributed by atoms with Crippen LogP contribution in [0.1, 0.15) is 51.9 Å². The van der Waals surface area contributed by atoms with Gasteiger partial charge in [-0.15, -0.1) is 0 Å². The number of likely N-dealkylation sites (tertiary alicyclic amines) is 1. The summed E-state index contributed by atoms with van der Waals surface area (Å²) in [6, 6.07) is 5.78. The highest BCUT2D eigenvalue weighted by Crippen LogP contribution is 2.23. The Balaban J connectivity index is 1.26. The maximum Gasteiger partial charge on any atom is 0.240 e. The third-order valence-electron chi connectivity index (χ3n) is 6.20. The van der Waals surface area contributed by atoms with Crippen molar-refractivity contribution in [2.75, 3.05) is 18.4 Å². The summed E-state index contributed by atoms with van der Waals surface area (Å²) in [5, 5.41) is 7.02. The van der Waals surface area contributed by atoms with Crippen molar-refractivity contribution >= 4 is 40.2 Å². The molecule has 9 heteroatoms. The third kappa shape index (κ3) is 5.33. The van der Waals surface area contributed by atoms with Crippen molar-refractivity contribution in [1.29, 1.82) is 0 Å². The zero-order valence-corrected chi connectivity index (χ0v) is 18.5. The fourth-order valence-corrected chi connectivity index (χ4v) is 4.43. The molecule has 2 aromatic rings. The zero-order chi connectivity index (χ0) is 22.5. The van der Waals surface area contributed by atoms with Crippen LogP contribution >= 0.6 is 0 Å². The number of anilines is 1. The molecule has 1 saturated heterocycles. The fraction of sp³-hybridized carbons (Fsp3) is 0.522. The first-order valence-corrected chi connectivity index (χ1v) is 11.4. The second-order valence-electron chi connectivity index (χ2n) is 8.55. The predicted octanol–water partition coefficient (Wildman–Crippen LogP) is 2.67. The highest BCUT2D eigenvalue weighted by Gasteiger charge is 2.26. The summed E-state index contributed by atoms with van der Waals surface area (Å²) in [4.78, 5) is 42.7. The number of fused-ring (bicyclic) bond motifs is 1. The van der Waals surface area contributed by atoms with Crippen molar-refractivity contribution in [3.05, 3.63) is 24.5 Å². The maximum absolute atomic E-state index is 12.7. The molecule has 2 aliphatic rings. The first-order chi connectivity index (χ1) is 15.5. The lowest BCUT2D eigenvalue weighted by Gasteiger charge is -2.32. The topological polar surface area (TPSA) is 109 Å². The van der Waals surface area contributed by atoms with E-state index in [0.717, 1.165) is 48.4 Å². The van der Waals surface area contributed by atoms with Gasteiger partial charge < -0.3 is 14.8 Å². The van der Waals surface area contributed by atoms with E-state index in [-0.39, 0.29) is 23.6 Å². The molecule has 9 nitrogen and oxygen atoms in total. The summed E-state index contributed by atoms with van der Waals surface area (Å²) < 4.78 is 2.06. The summed E-state index contributed by atoms with van der Waals surface area (Å²) >= 11 is 0. The Kier molecular flexibility index (Phi) is 6.82. The Hall–Kier alpha value is -3.23. The molecule has 0 radical (unpaired) electrons. The second-order valence-corrected chi connectivity index (χ2v) is 8.55. The van der Waals surface area contributed by atoms with E-state index in [9.17, 15) is 14.4 Å². The zero-order valence-electron chi connectivity index (χ0n) is 18.5. The molecule has 1 aromatic heterocycles. The number of amides is 3. The van der Waals surface area contributed by atoms with Gasteiger partial charge in [0.05, 0.1) is 17.4 Å². The Morgan fingerprint density at radius 1 is 1.28 bits per heavy atom. The molecule has 4 rings (SSSR count). The van der Waals surface area contributed by atoms with Gasteiger partial charge in [0.15, 0.2) is 0 Å². The number of imidazole rings is 1. The van der Waals surface area contributed by atoms with Crippen LogP contribution in [0.2, 0.25) is 0 Å². The monoisotopic (exact) mass is 438 g/mol. The number of benzene rings is 1. The lowest BCUT2D eigenvalue weighted by molar-refractivity contribution is -0.133. The average Bonchev–Trinajstić information content (AvgIpc) is 3.21. The van der Waals surface area contributed by atoms with E-state index in [2.05, 4.69) is 32.3 Å². The van der Waals surface area contributed by atoms with Gasteiger partial charge in [-0.05, 0) is 56.7 Å². The maximum atomic E-state index is 12.7. The molecule has 0 aliphatic carbocycles. The Morgan fingerprint density at radius 3 is 2.94 bits per heavy atom. The van der Waals surface area contributed by atoms with E-state index < -0.39 is 0 Å². The predicted molar refractivity (Wildman–Crippen MR) is 122 cm³/mol. The molecule has 2 N–H and O–H groups in total. The number of aryl methyl sites for hydroxylation is 1. The Labute approximate surface area is 187 Å². The van der Waals surface area contributed by atoms with Crippen LogP contribution in [0.5, 0.6) is 0 Å². The van der Waals surface area contributed by atoms with Gasteiger partial charge in [-0.3, -0.25) is 14.4 Å². The lowest BCUT2D eigenvalue weighted by atomic mass is 9.94. The van der Waals surface area contributed by atoms with Crippen LogP contribution in [-0.4, -0.2) is 51.0 Å². The van der Waals surface area contributed by atoms with Crippen molar-refractivity contribution < 1.29 is 14.4 Å². The first kappa shape index (κ1) is 22.0. The van der Waals surface area contributed by atoms with E-state index in [1.165, 1.54) is 0 Å². The Morgan fingerprint density at radius 2 is 2.16 bits per heavy atom. The number of nitrogens with one attached hydrogen (secondary N) is 2. The van der Waals surface area contributed by atoms with Gasteiger partial charge in [0, 0.05) is 50.3 Å². The van der Waals surface area contributed by atoms with Crippen molar-refractivity contribution in [2.45, 2.75) is 58.4 Å². The van der Waals surface area contributed by atoms with Crippen LogP contribution < -0.4 is 10.7 Å². The molecule has 2 aliphatic heterocycles. The van der Waals surface area contributed by atoms with E-state index in [0.29, 0.717) is 38.6 Å². The van der Waals surface area contributed by atoms with Gasteiger partial charge in [-0.25, -0.2) is 10.4 Å². The molecule has 0 spiro atoms. The largest absolute Gasteiger partial charge is 0.342 e. The van der Waals surface area contributed by atoms with Crippen LogP contribution in [0, 0.1) is 5.92 Å². The van der Waals surface area contributed by atoms with Crippen molar-refractivity contribution in [3.8, 4) is 0 Å². The van der Waals surface area contributed by atoms with Gasteiger partial charge in [0.1, 0.15) is 0 Å². The summed E-state index contributed by atoms with van der Waals surface area (Å²) in [6.07, 6.45) is 6.05. The highest BCUT2D eigenvalue weighted by molar-refractivity contribution is 5.95. The highest BCUT2D eigenvalue weighted by atomic mass is 16.2. The molecule has 32 heavy (non-hydrogen) atoms. The van der Waals surface area contributed by atoms with Gasteiger partial charge >= 0.3 is 0 Å². The summed E-state index contributed by atoms with van der Waals surface area (Å²) in [5.74, 6) is 0.132. The number of nitrogens with zero attached hydrogens (tertiary/aromatic N) is 4. The molecule has 0 saturated carbocycles. The smallest absolute Gasteiger partial charge is 0.240 e. The summed E-state index contributed by atoms with van der Waals surface area (Å²) in [6.45, 7) is 4.26. The minimum atomic E-state index is -0.0761. The number of rotatable bonds is 7. The molecule has 3 amide bonds. The van der Waals surface area contributed by atoms with Crippen LogP contribution in [0.15, 0.2) is 29.6 Å². The van der Waals surface area contributed by atoms with E-state index in [4.69, 9.17) is 0 Å². The average molecular weight is 439 g/mol. The van der Waals surface area contributed by atoms with Crippen LogP contribution in [0.25, 0.3) is 11.0 Å². The molecular weight excluding hydrogens is 408 g/mol. The Bertz CT molecular complexity index is 1040. The quantitative estimate of drug-likeness (QED) is 0.693. The molecule has 170 valence electrons. The van der Waals surface area contributed by atoms with Crippen molar-refractivity contribution in [1.82, 2.24) is 19.9 Å². The SMILES string of the molecule is CCn1cnc2cc(NC(=O)CC3CCCN(C(=O)CCC4=NNC(=O)CC4)C3)ccc21. The van der Waals surface area contributed by atoms with Gasteiger partial charge in [-0.2, -0.15) is 5.10 Å². The normalized spacial score (nSPS) is 18.9. The molecular formula is C23H30N6O3. The van der Waals surface area contributed by atoms with Crippen molar-refractivity contribution in [2.24, 2.45) is 11.0 Å². The standard InChI is InChI=1S/C23H30N6O3/c1-2-28-15-24-19-13-18(5-8-20(19)28)25-22(31)12-16-4-3-11-29(14-16)23(32)10-7-17-6-9-21(30)27-26-17/h5,8,13,15-16H,2-4,6-7,9-12,14H2,1H3,(H,25,31)(H,27,30). The van der Waals surface area contributed by atoms with Gasteiger partial charge in [0.25, 0.3) is 0 Å². The minimum absolute atomic E-state index is 0.0362. The number of aromatic nitrogens is 2. The number of hydrogen-bond acceptors (Lipinski definition) is 5. The molecule has 1 aromatic carbocycles. The van der Waals surface area contributed by atoms with Gasteiger partial charge in [0.2, 0.25) is 17.7 Å². The number of carbonyl (C=O) groups excluding carboxylic acids is 3. The number of piperidine rings is 1. The van der Waals surface area contributed by atoms with E-state index in [1.807, 2.05) is 23.1 Å². The summed E-state index contributed by atoms with van der Waals surface area (Å²) in [7, 11) is 0. The number of hydrogen-bond donors (Lipinski definition) is 2. The fourth-order valence-electron chi connectivity index (χ4n) is 4.43. The summed E-state index contributed by atoms with van der Waals surface area (Å²) in [5.41, 5.74) is 5.99. The molecule has 0 bridgehead atoms. The molecule has 1 fully saturated rings. The molecule has 1 unspecified atom stereocenters. The minimum Gasteiger partial charge on any atom is -0.342 e. The second kappa shape index (κ2) is 9.93. The van der Waals surface area contributed by atoms with Crippen LogP contribution in [-0.2, 0) is 20.9 Å². The first-order valence-electron chi connectivity index (χ1n) is 11.4. The van der Waals surface area contributed by atoms with E-state index in [1.54, 1.807) is 6.33 Å². The molecule has 3 heterocycles. The molecule has 1 atom stereocenters. The number of hydrazone groups is 1. The van der Waals surface area contributed by atoms with E-state index >= 15 is 0 Å². The van der Waals surface area contributed by atoms with Crippen LogP contribution in [0.3, 0.4) is 0 Å². The number of carbonyl (C=O) groups is 3. The third-order valence-corrected chi connectivity index (χ3v) is 6.20. The van der Waals surface area contributed by atoms with Crippen LogP contribution in [0.4, 0.5) is 5.69 Å².